The maximum atomic E-state index is 13.1. The highest BCUT2D eigenvalue weighted by atomic mass is 32.2. The number of fused-ring (bicyclic) bond motifs is 3. The highest BCUT2D eigenvalue weighted by Crippen LogP contribution is 2.35. The second kappa shape index (κ2) is 7.30. The molecule has 5 rings (SSSR count). The lowest BCUT2D eigenvalue weighted by Crippen LogP contribution is -2.21. The van der Waals surface area contributed by atoms with Crippen LogP contribution in [0.5, 0.6) is 0 Å². The lowest BCUT2D eigenvalue weighted by molar-refractivity contribution is 0.101. The standard InChI is InChI=1S/C22H14N2O4S3/c1-29-22-24-16-9-7-13(11-17(16)30-22)23-21(26)12-6-8-15-19(10-12)31(27,28)18-5-3-2-4-14(18)20(15)25/h2-11H,1H3,(H,23,26). The van der Waals surface area contributed by atoms with E-state index in [-0.39, 0.29) is 32.3 Å². The zero-order valence-corrected chi connectivity index (χ0v) is 18.5. The second-order valence-corrected chi connectivity index (χ2v) is 10.8. The van der Waals surface area contributed by atoms with E-state index in [1.807, 2.05) is 18.4 Å². The molecule has 0 saturated carbocycles. The number of hydrogen-bond acceptors (Lipinski definition) is 7. The highest BCUT2D eigenvalue weighted by molar-refractivity contribution is 8.00. The third-order valence-electron chi connectivity index (χ3n) is 5.00. The molecule has 6 nitrogen and oxygen atoms in total. The molecular formula is C22H14N2O4S3. The molecule has 0 aliphatic carbocycles. The molecule has 3 aromatic carbocycles. The lowest BCUT2D eigenvalue weighted by Gasteiger charge is -2.19. The van der Waals surface area contributed by atoms with Crippen molar-refractivity contribution in [1.82, 2.24) is 4.98 Å². The number of amides is 1. The molecule has 154 valence electrons. The first-order valence-corrected chi connectivity index (χ1v) is 12.7. The molecule has 0 fully saturated rings. The number of carbonyl (C=O) groups excluding carboxylic acids is 2. The summed E-state index contributed by atoms with van der Waals surface area (Å²) in [6.45, 7) is 0. The largest absolute Gasteiger partial charge is 0.322 e. The summed E-state index contributed by atoms with van der Waals surface area (Å²) in [5, 5.41) is 2.80. The highest BCUT2D eigenvalue weighted by Gasteiger charge is 2.35. The molecule has 1 aliphatic heterocycles. The van der Waals surface area contributed by atoms with Crippen LogP contribution in [0.1, 0.15) is 26.3 Å². The van der Waals surface area contributed by atoms with Crippen molar-refractivity contribution in [3.05, 3.63) is 77.4 Å². The van der Waals surface area contributed by atoms with Crippen LogP contribution in [0.2, 0.25) is 0 Å². The fraction of sp³-hybridized carbons (Fsp3) is 0.0455. The maximum absolute atomic E-state index is 13.1. The molecule has 1 N–H and O–H groups in total. The van der Waals surface area contributed by atoms with E-state index >= 15 is 0 Å². The van der Waals surface area contributed by atoms with Gasteiger partial charge in [0.15, 0.2) is 10.1 Å². The quantitative estimate of drug-likeness (QED) is 0.389. The van der Waals surface area contributed by atoms with Crippen LogP contribution in [0.15, 0.2) is 74.8 Å². The number of anilines is 1. The van der Waals surface area contributed by atoms with E-state index in [0.29, 0.717) is 5.69 Å². The van der Waals surface area contributed by atoms with Gasteiger partial charge in [-0.2, -0.15) is 0 Å². The van der Waals surface area contributed by atoms with Gasteiger partial charge in [-0.05, 0) is 54.8 Å². The topological polar surface area (TPSA) is 93.2 Å². The number of aromatic nitrogens is 1. The average Bonchev–Trinajstić information content (AvgIpc) is 3.20. The third-order valence-corrected chi connectivity index (χ3v) is 8.86. The zero-order chi connectivity index (χ0) is 21.8. The van der Waals surface area contributed by atoms with Crippen LogP contribution in [-0.2, 0) is 9.84 Å². The number of carbonyl (C=O) groups is 2. The van der Waals surface area contributed by atoms with Crippen LogP contribution in [-0.4, -0.2) is 31.3 Å². The van der Waals surface area contributed by atoms with Crippen molar-refractivity contribution < 1.29 is 18.0 Å². The molecule has 1 amide bonds. The Labute approximate surface area is 186 Å². The number of ketones is 1. The van der Waals surface area contributed by atoms with Crippen molar-refractivity contribution in [3.8, 4) is 0 Å². The summed E-state index contributed by atoms with van der Waals surface area (Å²) >= 11 is 3.09. The van der Waals surface area contributed by atoms with Gasteiger partial charge in [0, 0.05) is 22.4 Å². The summed E-state index contributed by atoms with van der Waals surface area (Å²) in [5.41, 5.74) is 1.81. The van der Waals surface area contributed by atoms with Crippen LogP contribution < -0.4 is 5.32 Å². The maximum Gasteiger partial charge on any atom is 0.255 e. The van der Waals surface area contributed by atoms with Gasteiger partial charge < -0.3 is 5.32 Å². The van der Waals surface area contributed by atoms with E-state index in [9.17, 15) is 18.0 Å². The van der Waals surface area contributed by atoms with Crippen molar-refractivity contribution in [2.24, 2.45) is 0 Å². The summed E-state index contributed by atoms with van der Waals surface area (Å²) < 4.78 is 28.0. The van der Waals surface area contributed by atoms with E-state index in [1.165, 1.54) is 41.7 Å². The third kappa shape index (κ3) is 3.25. The Hall–Kier alpha value is -3.01. The van der Waals surface area contributed by atoms with Gasteiger partial charge in [0.25, 0.3) is 5.91 Å². The minimum absolute atomic E-state index is 0.0368. The first kappa shape index (κ1) is 19.9. The molecule has 1 aromatic heterocycles. The van der Waals surface area contributed by atoms with Gasteiger partial charge in [-0.3, -0.25) is 9.59 Å². The molecule has 4 aromatic rings. The Balaban J connectivity index is 1.50. The van der Waals surface area contributed by atoms with Gasteiger partial charge in [-0.15, -0.1) is 11.3 Å². The van der Waals surface area contributed by atoms with Crippen molar-refractivity contribution in [2.45, 2.75) is 14.1 Å². The fourth-order valence-electron chi connectivity index (χ4n) is 3.50. The Kier molecular flexibility index (Phi) is 4.69. The van der Waals surface area contributed by atoms with Crippen molar-refractivity contribution in [2.75, 3.05) is 11.6 Å². The second-order valence-electron chi connectivity index (χ2n) is 6.86. The normalized spacial score (nSPS) is 14.2. The average molecular weight is 467 g/mol. The Bertz CT molecular complexity index is 1510. The Morgan fingerprint density at radius 2 is 1.77 bits per heavy atom. The van der Waals surface area contributed by atoms with Crippen molar-refractivity contribution in [1.29, 1.82) is 0 Å². The van der Waals surface area contributed by atoms with Gasteiger partial charge in [-0.25, -0.2) is 13.4 Å². The summed E-state index contributed by atoms with van der Waals surface area (Å²) in [6, 6.07) is 15.6. The first-order chi connectivity index (χ1) is 14.9. The van der Waals surface area contributed by atoms with E-state index in [4.69, 9.17) is 0 Å². The predicted molar refractivity (Wildman–Crippen MR) is 121 cm³/mol. The molecule has 0 bridgehead atoms. The fourth-order valence-corrected chi connectivity index (χ4v) is 6.70. The number of nitrogens with one attached hydrogen (secondary N) is 1. The molecule has 0 atom stereocenters. The Morgan fingerprint density at radius 3 is 2.58 bits per heavy atom. The van der Waals surface area contributed by atoms with Crippen LogP contribution in [0.3, 0.4) is 0 Å². The molecule has 0 unspecified atom stereocenters. The minimum Gasteiger partial charge on any atom is -0.322 e. The molecule has 31 heavy (non-hydrogen) atoms. The minimum atomic E-state index is -3.90. The van der Waals surface area contributed by atoms with Crippen LogP contribution >= 0.6 is 23.1 Å². The lowest BCUT2D eigenvalue weighted by atomic mass is 10.0. The van der Waals surface area contributed by atoms with E-state index < -0.39 is 15.7 Å². The zero-order valence-electron chi connectivity index (χ0n) is 16.1. The summed E-state index contributed by atoms with van der Waals surface area (Å²) in [5.74, 6) is -0.828. The van der Waals surface area contributed by atoms with Crippen LogP contribution in [0.25, 0.3) is 10.2 Å². The molecule has 0 radical (unpaired) electrons. The van der Waals surface area contributed by atoms with Gasteiger partial charge in [0.1, 0.15) is 0 Å². The SMILES string of the molecule is CSc1nc2ccc(NC(=O)c3ccc4c(c3)S(=O)(=O)c3ccccc3C4=O)cc2s1. The van der Waals surface area contributed by atoms with Crippen molar-refractivity contribution in [3.63, 3.8) is 0 Å². The van der Waals surface area contributed by atoms with Gasteiger partial charge in [-0.1, -0.05) is 23.9 Å². The molecule has 0 saturated heterocycles. The predicted octanol–water partition coefficient (Wildman–Crippen LogP) is 4.65. The molecule has 1 aliphatic rings. The van der Waals surface area contributed by atoms with Gasteiger partial charge >= 0.3 is 0 Å². The molecule has 9 heteroatoms. The number of rotatable bonds is 3. The first-order valence-electron chi connectivity index (χ1n) is 9.17. The smallest absolute Gasteiger partial charge is 0.255 e. The van der Waals surface area contributed by atoms with Gasteiger partial charge in [0.2, 0.25) is 9.84 Å². The summed E-state index contributed by atoms with van der Waals surface area (Å²) in [4.78, 5) is 29.9. The molecule has 0 spiro atoms. The number of thioether (sulfide) groups is 1. The van der Waals surface area contributed by atoms with Crippen LogP contribution in [0.4, 0.5) is 5.69 Å². The number of benzene rings is 3. The Morgan fingerprint density at radius 1 is 1.00 bits per heavy atom. The molecular weight excluding hydrogens is 452 g/mol. The number of thiazole rings is 1. The number of sulfone groups is 1. The summed E-state index contributed by atoms with van der Waals surface area (Å²) in [6.07, 6.45) is 1.95. The van der Waals surface area contributed by atoms with Crippen LogP contribution in [0, 0.1) is 0 Å². The summed E-state index contributed by atoms with van der Waals surface area (Å²) in [7, 11) is -3.90. The number of hydrogen-bond donors (Lipinski definition) is 1. The van der Waals surface area contributed by atoms with Gasteiger partial charge in [0.05, 0.1) is 20.0 Å². The van der Waals surface area contributed by atoms with E-state index in [2.05, 4.69) is 10.3 Å². The van der Waals surface area contributed by atoms with Crippen molar-refractivity contribution >= 4 is 60.5 Å². The molecule has 2 heterocycles. The van der Waals surface area contributed by atoms with E-state index in [0.717, 1.165) is 14.6 Å². The van der Waals surface area contributed by atoms with E-state index in [1.54, 1.807) is 30.0 Å². The monoisotopic (exact) mass is 466 g/mol. The number of nitrogens with zero attached hydrogens (tertiary/aromatic N) is 1.